The SMILES string of the molecule is CCCCN(CCO)C(=O)c1ncccc1C#CCCO. The molecule has 0 saturated carbocycles. The molecule has 0 aliphatic rings. The van der Waals surface area contributed by atoms with Gasteiger partial charge in [-0.1, -0.05) is 25.2 Å². The normalized spacial score (nSPS) is 9.86. The Morgan fingerprint density at radius 3 is 2.81 bits per heavy atom. The molecule has 1 aromatic rings. The summed E-state index contributed by atoms with van der Waals surface area (Å²) in [7, 11) is 0. The number of rotatable bonds is 7. The lowest BCUT2D eigenvalue weighted by molar-refractivity contribution is 0.0713. The maximum Gasteiger partial charge on any atom is 0.273 e. The minimum absolute atomic E-state index is 0.0102. The van der Waals surface area contributed by atoms with Crippen molar-refractivity contribution in [2.24, 2.45) is 0 Å². The zero-order valence-corrected chi connectivity index (χ0v) is 12.4. The third-order valence-corrected chi connectivity index (χ3v) is 2.91. The summed E-state index contributed by atoms with van der Waals surface area (Å²) in [5.74, 6) is 5.45. The van der Waals surface area contributed by atoms with Gasteiger partial charge in [-0.05, 0) is 18.6 Å². The summed E-state index contributed by atoms with van der Waals surface area (Å²) < 4.78 is 0. The number of aliphatic hydroxyl groups is 2. The van der Waals surface area contributed by atoms with Gasteiger partial charge in [0.25, 0.3) is 5.91 Å². The first-order valence-corrected chi connectivity index (χ1v) is 7.19. The lowest BCUT2D eigenvalue weighted by atomic mass is 10.1. The van der Waals surface area contributed by atoms with Crippen molar-refractivity contribution in [3.05, 3.63) is 29.6 Å². The quantitative estimate of drug-likeness (QED) is 0.736. The number of nitrogens with zero attached hydrogens (tertiary/aromatic N) is 2. The molecule has 0 saturated heterocycles. The Morgan fingerprint density at radius 1 is 1.33 bits per heavy atom. The topological polar surface area (TPSA) is 73.7 Å². The highest BCUT2D eigenvalue weighted by Gasteiger charge is 2.18. The molecule has 0 spiro atoms. The second-order valence-corrected chi connectivity index (χ2v) is 4.54. The van der Waals surface area contributed by atoms with E-state index in [1.54, 1.807) is 23.2 Å². The molecule has 1 rings (SSSR count). The summed E-state index contributed by atoms with van der Waals surface area (Å²) in [4.78, 5) is 18.3. The molecule has 1 heterocycles. The second-order valence-electron chi connectivity index (χ2n) is 4.54. The Hall–Kier alpha value is -1.90. The highest BCUT2D eigenvalue weighted by atomic mass is 16.3. The Kier molecular flexibility index (Phi) is 8.10. The summed E-state index contributed by atoms with van der Waals surface area (Å²) in [5.41, 5.74) is 0.850. The molecule has 0 atom stereocenters. The van der Waals surface area contributed by atoms with Crippen LogP contribution in [0.15, 0.2) is 18.3 Å². The first-order valence-electron chi connectivity index (χ1n) is 7.19. The maximum atomic E-state index is 12.5. The van der Waals surface area contributed by atoms with Crippen molar-refractivity contribution < 1.29 is 15.0 Å². The van der Waals surface area contributed by atoms with Gasteiger partial charge < -0.3 is 15.1 Å². The number of aliphatic hydroxyl groups excluding tert-OH is 2. The van der Waals surface area contributed by atoms with Crippen molar-refractivity contribution in [3.63, 3.8) is 0 Å². The fourth-order valence-corrected chi connectivity index (χ4v) is 1.82. The average molecular weight is 290 g/mol. The van der Waals surface area contributed by atoms with E-state index in [4.69, 9.17) is 10.2 Å². The van der Waals surface area contributed by atoms with Crippen LogP contribution in [-0.2, 0) is 0 Å². The predicted molar refractivity (Wildman–Crippen MR) is 80.7 cm³/mol. The molecule has 1 amide bonds. The smallest absolute Gasteiger partial charge is 0.273 e. The molecular formula is C16H22N2O3. The molecule has 0 bridgehead atoms. The summed E-state index contributed by atoms with van der Waals surface area (Å²) in [5, 5.41) is 17.9. The predicted octanol–water partition coefficient (Wildman–Crippen LogP) is 1.05. The zero-order chi connectivity index (χ0) is 15.5. The van der Waals surface area contributed by atoms with Crippen LogP contribution in [-0.4, -0.2) is 52.3 Å². The molecule has 0 radical (unpaired) electrons. The molecule has 5 nitrogen and oxygen atoms in total. The van der Waals surface area contributed by atoms with E-state index in [0.29, 0.717) is 30.8 Å². The van der Waals surface area contributed by atoms with E-state index in [-0.39, 0.29) is 19.1 Å². The molecule has 0 aromatic carbocycles. The first-order chi connectivity index (χ1) is 10.2. The summed E-state index contributed by atoms with van der Waals surface area (Å²) >= 11 is 0. The molecule has 2 N–H and O–H groups in total. The molecule has 0 aliphatic heterocycles. The van der Waals surface area contributed by atoms with Crippen molar-refractivity contribution >= 4 is 5.91 Å². The molecule has 1 aromatic heterocycles. The van der Waals surface area contributed by atoms with Gasteiger partial charge in [-0.15, -0.1) is 0 Å². The Morgan fingerprint density at radius 2 is 2.14 bits per heavy atom. The zero-order valence-electron chi connectivity index (χ0n) is 12.4. The number of amides is 1. The maximum absolute atomic E-state index is 12.5. The monoisotopic (exact) mass is 290 g/mol. The number of aromatic nitrogens is 1. The molecule has 21 heavy (non-hydrogen) atoms. The molecular weight excluding hydrogens is 268 g/mol. The largest absolute Gasteiger partial charge is 0.395 e. The van der Waals surface area contributed by atoms with E-state index in [9.17, 15) is 4.79 Å². The Labute approximate surface area is 125 Å². The first kappa shape index (κ1) is 17.2. The number of pyridine rings is 1. The number of unbranched alkanes of at least 4 members (excludes halogenated alkanes) is 1. The third-order valence-electron chi connectivity index (χ3n) is 2.91. The van der Waals surface area contributed by atoms with Crippen molar-refractivity contribution in [2.45, 2.75) is 26.2 Å². The average Bonchev–Trinajstić information content (AvgIpc) is 2.51. The van der Waals surface area contributed by atoms with E-state index >= 15 is 0 Å². The molecule has 0 aliphatic carbocycles. The van der Waals surface area contributed by atoms with Gasteiger partial charge in [0.2, 0.25) is 0 Å². The van der Waals surface area contributed by atoms with Gasteiger partial charge in [0, 0.05) is 25.7 Å². The molecule has 0 unspecified atom stereocenters. The fraction of sp³-hybridized carbons (Fsp3) is 0.500. The minimum atomic E-state index is -0.216. The van der Waals surface area contributed by atoms with Crippen molar-refractivity contribution in [2.75, 3.05) is 26.3 Å². The van der Waals surface area contributed by atoms with Crippen LogP contribution >= 0.6 is 0 Å². The summed E-state index contributed by atoms with van der Waals surface area (Å²) in [6, 6.07) is 3.46. The van der Waals surface area contributed by atoms with E-state index < -0.39 is 0 Å². The van der Waals surface area contributed by atoms with Crippen LogP contribution in [0.3, 0.4) is 0 Å². The van der Waals surface area contributed by atoms with Gasteiger partial charge in [0.15, 0.2) is 0 Å². The molecule has 5 heteroatoms. The lowest BCUT2D eigenvalue weighted by Gasteiger charge is -2.21. The van der Waals surface area contributed by atoms with Gasteiger partial charge in [-0.3, -0.25) is 4.79 Å². The number of carbonyl (C=O) groups is 1. The van der Waals surface area contributed by atoms with Crippen molar-refractivity contribution in [1.82, 2.24) is 9.88 Å². The number of carbonyl (C=O) groups excluding carboxylic acids is 1. The van der Waals surface area contributed by atoms with Crippen molar-refractivity contribution in [1.29, 1.82) is 0 Å². The van der Waals surface area contributed by atoms with Gasteiger partial charge >= 0.3 is 0 Å². The van der Waals surface area contributed by atoms with Crippen LogP contribution in [0.2, 0.25) is 0 Å². The van der Waals surface area contributed by atoms with Gasteiger partial charge in [0.05, 0.1) is 18.8 Å². The van der Waals surface area contributed by atoms with E-state index in [2.05, 4.69) is 16.8 Å². The fourth-order valence-electron chi connectivity index (χ4n) is 1.82. The third kappa shape index (κ3) is 5.54. The van der Waals surface area contributed by atoms with Gasteiger partial charge in [-0.2, -0.15) is 0 Å². The number of hydrogen-bond acceptors (Lipinski definition) is 4. The van der Waals surface area contributed by atoms with E-state index in [1.807, 2.05) is 6.92 Å². The van der Waals surface area contributed by atoms with Gasteiger partial charge in [0.1, 0.15) is 5.69 Å². The van der Waals surface area contributed by atoms with Crippen LogP contribution in [0, 0.1) is 11.8 Å². The van der Waals surface area contributed by atoms with Crippen LogP contribution in [0.4, 0.5) is 0 Å². The van der Waals surface area contributed by atoms with Crippen molar-refractivity contribution in [3.8, 4) is 11.8 Å². The van der Waals surface area contributed by atoms with E-state index in [1.165, 1.54) is 0 Å². The highest BCUT2D eigenvalue weighted by Crippen LogP contribution is 2.09. The summed E-state index contributed by atoms with van der Waals surface area (Å²) in [6.45, 7) is 2.85. The molecule has 0 fully saturated rings. The minimum Gasteiger partial charge on any atom is -0.395 e. The second kappa shape index (κ2) is 9.92. The standard InChI is InChI=1S/C16H22N2O3/c1-2-3-10-18(11-13-20)16(21)15-14(7-4-5-12-19)8-6-9-17-15/h6,8-9,19-20H,2-3,5,10-13H2,1H3. The number of hydrogen-bond donors (Lipinski definition) is 2. The van der Waals surface area contributed by atoms with Crippen LogP contribution < -0.4 is 0 Å². The summed E-state index contributed by atoms with van der Waals surface area (Å²) in [6.07, 6.45) is 3.77. The van der Waals surface area contributed by atoms with E-state index in [0.717, 1.165) is 12.8 Å². The highest BCUT2D eigenvalue weighted by molar-refractivity contribution is 5.94. The molecule has 114 valence electrons. The van der Waals surface area contributed by atoms with Crippen LogP contribution in [0.25, 0.3) is 0 Å². The lowest BCUT2D eigenvalue weighted by Crippen LogP contribution is -2.35. The van der Waals surface area contributed by atoms with Crippen LogP contribution in [0.1, 0.15) is 42.2 Å². The Bertz CT molecular complexity index is 506. The van der Waals surface area contributed by atoms with Gasteiger partial charge in [-0.25, -0.2) is 4.98 Å². The Balaban J connectivity index is 2.96. The van der Waals surface area contributed by atoms with Crippen LogP contribution in [0.5, 0.6) is 0 Å².